The number of aliphatic hydroxyl groups excluding tert-OH is 1. The van der Waals surface area contributed by atoms with E-state index in [-0.39, 0.29) is 12.5 Å². The highest BCUT2D eigenvalue weighted by molar-refractivity contribution is 6.37. The zero-order valence-electron chi connectivity index (χ0n) is 17.1. The number of nitrogens with one attached hydrogen (secondary N) is 1. The highest BCUT2D eigenvalue weighted by Crippen LogP contribution is 2.46. The molecule has 1 fully saturated rings. The van der Waals surface area contributed by atoms with Gasteiger partial charge in [0.2, 0.25) is 5.95 Å². The fourth-order valence-corrected chi connectivity index (χ4v) is 5.06. The summed E-state index contributed by atoms with van der Waals surface area (Å²) in [7, 11) is 0. The van der Waals surface area contributed by atoms with E-state index in [9.17, 15) is 9.90 Å². The fraction of sp³-hybridized carbons (Fsp3) is 0.292. The summed E-state index contributed by atoms with van der Waals surface area (Å²) in [6.45, 7) is 2.35. The van der Waals surface area contributed by atoms with Gasteiger partial charge < -0.3 is 10.4 Å². The van der Waals surface area contributed by atoms with E-state index in [0.717, 1.165) is 23.9 Å². The van der Waals surface area contributed by atoms with Gasteiger partial charge in [-0.25, -0.2) is 9.97 Å². The van der Waals surface area contributed by atoms with Crippen LogP contribution in [-0.2, 0) is 0 Å². The second kappa shape index (κ2) is 7.94. The number of benzene rings is 1. The van der Waals surface area contributed by atoms with Crippen molar-refractivity contribution < 1.29 is 9.90 Å². The molecule has 3 aromatic rings. The van der Waals surface area contributed by atoms with Crippen LogP contribution in [0, 0.1) is 11.8 Å². The second-order valence-corrected chi connectivity index (χ2v) is 8.58. The molecule has 0 bridgehead atoms. The van der Waals surface area contributed by atoms with Gasteiger partial charge >= 0.3 is 0 Å². The normalized spacial score (nSPS) is 21.0. The summed E-state index contributed by atoms with van der Waals surface area (Å²) in [5, 5.41) is 14.8. The summed E-state index contributed by atoms with van der Waals surface area (Å²) in [5.74, 6) is 1.12. The highest BCUT2D eigenvalue weighted by atomic mass is 35.5. The lowest BCUT2D eigenvalue weighted by atomic mass is 9.65. The van der Waals surface area contributed by atoms with Crippen LogP contribution in [0.25, 0.3) is 16.9 Å². The molecule has 6 nitrogen and oxygen atoms in total. The maximum absolute atomic E-state index is 13.1. The molecule has 2 aliphatic rings. The number of halogens is 1. The van der Waals surface area contributed by atoms with Crippen LogP contribution in [0.5, 0.6) is 0 Å². The minimum Gasteiger partial charge on any atom is -0.387 e. The van der Waals surface area contributed by atoms with Crippen LogP contribution in [-0.4, -0.2) is 38.2 Å². The molecule has 1 saturated carbocycles. The zero-order valence-corrected chi connectivity index (χ0v) is 17.9. The van der Waals surface area contributed by atoms with Crippen LogP contribution in [0.2, 0.25) is 5.02 Å². The summed E-state index contributed by atoms with van der Waals surface area (Å²) in [4.78, 5) is 21.7. The standard InChI is InChI=1S/C24H23ClN4O2/c1-14-11-15-5-2-6-16(21(14)15)20(30)12-28-23(31)17-13-29(24-26-9-4-10-27-24)19-8-3-7-18(25)22(17)19/h2-5,7-10,13-15,20,30H,6,11-12H2,1H3,(H,28,31). The number of carbonyl (C=O) groups excluding carboxylic acids is 1. The van der Waals surface area contributed by atoms with Crippen molar-refractivity contribution in [3.05, 3.63) is 76.7 Å². The van der Waals surface area contributed by atoms with Crippen LogP contribution < -0.4 is 5.32 Å². The summed E-state index contributed by atoms with van der Waals surface area (Å²) >= 11 is 6.45. The van der Waals surface area contributed by atoms with Crippen molar-refractivity contribution in [3.63, 3.8) is 0 Å². The predicted molar refractivity (Wildman–Crippen MR) is 120 cm³/mol. The van der Waals surface area contributed by atoms with Crippen molar-refractivity contribution >= 4 is 28.4 Å². The summed E-state index contributed by atoms with van der Waals surface area (Å²) < 4.78 is 1.75. The Morgan fingerprint density at radius 2 is 2.13 bits per heavy atom. The molecule has 0 radical (unpaired) electrons. The second-order valence-electron chi connectivity index (χ2n) is 8.18. The van der Waals surface area contributed by atoms with E-state index in [2.05, 4.69) is 34.4 Å². The Morgan fingerprint density at radius 1 is 1.32 bits per heavy atom. The topological polar surface area (TPSA) is 80.0 Å². The Kier molecular flexibility index (Phi) is 5.12. The number of fused-ring (bicyclic) bond motifs is 2. The fourth-order valence-electron chi connectivity index (χ4n) is 4.79. The van der Waals surface area contributed by atoms with Gasteiger partial charge in [-0.2, -0.15) is 0 Å². The molecular formula is C24H23ClN4O2. The lowest BCUT2D eigenvalue weighted by molar-refractivity contribution is 0.0929. The Labute approximate surface area is 185 Å². The maximum Gasteiger partial charge on any atom is 0.253 e. The molecule has 0 spiro atoms. The molecule has 0 saturated heterocycles. The number of amides is 1. The third-order valence-electron chi connectivity index (χ3n) is 6.26. The molecule has 5 rings (SSSR count). The number of allylic oxidation sites excluding steroid dienone is 3. The Balaban J connectivity index is 1.42. The molecule has 2 aliphatic carbocycles. The first-order chi connectivity index (χ1) is 15.0. The average molecular weight is 435 g/mol. The minimum atomic E-state index is -0.699. The first-order valence-corrected chi connectivity index (χ1v) is 10.8. The van der Waals surface area contributed by atoms with Gasteiger partial charge in [0.1, 0.15) is 0 Å². The molecule has 3 atom stereocenters. The number of nitrogens with zero attached hydrogens (tertiary/aromatic N) is 3. The van der Waals surface area contributed by atoms with Gasteiger partial charge in [-0.3, -0.25) is 9.36 Å². The predicted octanol–water partition coefficient (Wildman–Crippen LogP) is 4.08. The molecule has 7 heteroatoms. The SMILES string of the molecule is CC1CC2C=CCC(C(O)CNC(=O)c3cn(-c4ncccn4)c4cccc(Cl)c34)=C12. The quantitative estimate of drug-likeness (QED) is 0.593. The van der Waals surface area contributed by atoms with Crippen LogP contribution in [0.3, 0.4) is 0 Å². The Bertz CT molecular complexity index is 1220. The van der Waals surface area contributed by atoms with Crippen LogP contribution in [0.4, 0.5) is 0 Å². The number of carbonyl (C=O) groups is 1. The van der Waals surface area contributed by atoms with Gasteiger partial charge in [-0.05, 0) is 48.4 Å². The van der Waals surface area contributed by atoms with Crippen LogP contribution in [0.1, 0.15) is 30.1 Å². The van der Waals surface area contributed by atoms with Crippen molar-refractivity contribution in [2.45, 2.75) is 25.9 Å². The van der Waals surface area contributed by atoms with Gasteiger partial charge in [-0.15, -0.1) is 0 Å². The van der Waals surface area contributed by atoms with Gasteiger partial charge in [0.25, 0.3) is 5.91 Å². The molecule has 1 aromatic carbocycles. The van der Waals surface area contributed by atoms with E-state index in [1.165, 1.54) is 5.57 Å². The number of hydrogen-bond donors (Lipinski definition) is 2. The highest BCUT2D eigenvalue weighted by Gasteiger charge is 2.35. The maximum atomic E-state index is 13.1. The van der Waals surface area contributed by atoms with Crippen molar-refractivity contribution in [1.82, 2.24) is 19.9 Å². The molecule has 2 N–H and O–H groups in total. The monoisotopic (exact) mass is 434 g/mol. The third kappa shape index (κ3) is 3.46. The molecule has 2 aromatic heterocycles. The number of rotatable bonds is 5. The molecule has 158 valence electrons. The smallest absolute Gasteiger partial charge is 0.253 e. The Hall–Kier alpha value is -2.96. The van der Waals surface area contributed by atoms with Gasteiger partial charge in [-0.1, -0.05) is 42.3 Å². The zero-order chi connectivity index (χ0) is 21.5. The largest absolute Gasteiger partial charge is 0.387 e. The lowest BCUT2D eigenvalue weighted by Gasteiger charge is -2.40. The van der Waals surface area contributed by atoms with Crippen molar-refractivity contribution in [3.8, 4) is 5.95 Å². The van der Waals surface area contributed by atoms with E-state index in [4.69, 9.17) is 11.6 Å². The van der Waals surface area contributed by atoms with Gasteiger partial charge in [0, 0.05) is 30.5 Å². The first kappa shape index (κ1) is 20.0. The molecule has 1 amide bonds. The molecule has 2 heterocycles. The number of hydrogen-bond acceptors (Lipinski definition) is 4. The number of aliphatic hydroxyl groups is 1. The van der Waals surface area contributed by atoms with Crippen molar-refractivity contribution in [2.24, 2.45) is 11.8 Å². The van der Waals surface area contributed by atoms with Gasteiger partial charge in [0.05, 0.1) is 22.2 Å². The summed E-state index contributed by atoms with van der Waals surface area (Å²) in [6.07, 6.45) is 10.5. The van der Waals surface area contributed by atoms with Gasteiger partial charge in [0.15, 0.2) is 0 Å². The average Bonchev–Trinajstić information content (AvgIpc) is 3.18. The van der Waals surface area contributed by atoms with E-state index < -0.39 is 6.10 Å². The van der Waals surface area contributed by atoms with Crippen LogP contribution >= 0.6 is 11.6 Å². The summed E-state index contributed by atoms with van der Waals surface area (Å²) in [6, 6.07) is 7.20. The molecule has 3 unspecified atom stereocenters. The summed E-state index contributed by atoms with van der Waals surface area (Å²) in [5.41, 5.74) is 3.56. The first-order valence-electron chi connectivity index (χ1n) is 10.5. The van der Waals surface area contributed by atoms with Crippen LogP contribution in [0.15, 0.2) is 66.2 Å². The van der Waals surface area contributed by atoms with Crippen molar-refractivity contribution in [1.29, 1.82) is 0 Å². The molecule has 0 aliphatic heterocycles. The lowest BCUT2D eigenvalue weighted by Crippen LogP contribution is -2.37. The molecular weight excluding hydrogens is 412 g/mol. The van der Waals surface area contributed by atoms with E-state index >= 15 is 0 Å². The van der Waals surface area contributed by atoms with E-state index in [1.807, 2.05) is 12.1 Å². The minimum absolute atomic E-state index is 0.157. The number of aromatic nitrogens is 3. The molecule has 31 heavy (non-hydrogen) atoms. The van der Waals surface area contributed by atoms with E-state index in [1.54, 1.807) is 35.3 Å². The van der Waals surface area contributed by atoms with Crippen molar-refractivity contribution in [2.75, 3.05) is 6.54 Å². The third-order valence-corrected chi connectivity index (χ3v) is 6.58. The Morgan fingerprint density at radius 3 is 2.90 bits per heavy atom. The van der Waals surface area contributed by atoms with E-state index in [0.29, 0.717) is 33.8 Å².